The molecule has 1 saturated heterocycles. The molecule has 1 aliphatic rings. The number of nitrogens with zero attached hydrogens (tertiary/aromatic N) is 2. The minimum Gasteiger partial charge on any atom is -0.335 e. The summed E-state index contributed by atoms with van der Waals surface area (Å²) in [5, 5.41) is 2.65. The van der Waals surface area contributed by atoms with Crippen LogP contribution in [-0.4, -0.2) is 75.5 Å². The monoisotopic (exact) mass is 319 g/mol. The number of urea groups is 1. The second-order valence-electron chi connectivity index (χ2n) is 7.32. The number of hydrogen-bond acceptors (Lipinski definition) is 4. The lowest BCUT2D eigenvalue weighted by Crippen LogP contribution is -2.61. The number of amides is 2. The molecule has 1 fully saturated rings. The van der Waals surface area contributed by atoms with E-state index in [0.29, 0.717) is 13.1 Å². The van der Waals surface area contributed by atoms with Crippen LogP contribution in [0.15, 0.2) is 0 Å². The van der Waals surface area contributed by atoms with Crippen LogP contribution < -0.4 is 5.32 Å². The van der Waals surface area contributed by atoms with Crippen molar-refractivity contribution in [1.29, 1.82) is 0 Å². The second kappa shape index (κ2) is 6.52. The zero-order valence-electron chi connectivity index (χ0n) is 14.0. The highest BCUT2D eigenvalue weighted by Crippen LogP contribution is 2.23. The molecule has 6 nitrogen and oxygen atoms in total. The molecule has 0 bridgehead atoms. The Bertz CT molecular complexity index is 462. The van der Waals surface area contributed by atoms with E-state index in [1.165, 1.54) is 6.26 Å². The minimum atomic E-state index is -3.04. The second-order valence-corrected chi connectivity index (χ2v) is 9.64. The Kier molecular flexibility index (Phi) is 5.66. The highest BCUT2D eigenvalue weighted by Gasteiger charge is 2.38. The Labute approximate surface area is 128 Å². The first-order chi connectivity index (χ1) is 9.41. The number of rotatable bonds is 5. The predicted octanol–water partition coefficient (Wildman–Crippen LogP) is 0.791. The minimum absolute atomic E-state index is 0.0349. The van der Waals surface area contributed by atoms with Gasteiger partial charge < -0.3 is 15.1 Å². The van der Waals surface area contributed by atoms with Gasteiger partial charge in [-0.2, -0.15) is 0 Å². The number of carbonyl (C=O) groups excluding carboxylic acids is 1. The molecule has 21 heavy (non-hydrogen) atoms. The first kappa shape index (κ1) is 18.2. The zero-order chi connectivity index (χ0) is 16.4. The maximum Gasteiger partial charge on any atom is 0.317 e. The lowest BCUT2D eigenvalue weighted by molar-refractivity contribution is 0.150. The van der Waals surface area contributed by atoms with E-state index in [1.807, 2.05) is 14.1 Å². The first-order valence-electron chi connectivity index (χ1n) is 7.30. The van der Waals surface area contributed by atoms with Crippen molar-refractivity contribution in [2.24, 2.45) is 5.41 Å². The summed E-state index contributed by atoms with van der Waals surface area (Å²) in [7, 11) is 0.976. The van der Waals surface area contributed by atoms with E-state index in [1.54, 1.807) is 4.90 Å². The van der Waals surface area contributed by atoms with E-state index < -0.39 is 15.1 Å². The molecule has 0 aromatic heterocycles. The number of sulfone groups is 1. The summed E-state index contributed by atoms with van der Waals surface area (Å²) in [6.07, 6.45) is 2.09. The summed E-state index contributed by atoms with van der Waals surface area (Å²) in [6.45, 7) is 7.80. The summed E-state index contributed by atoms with van der Waals surface area (Å²) in [4.78, 5) is 15.9. The molecule has 1 rings (SSSR count). The molecular weight excluding hydrogens is 290 g/mol. The average molecular weight is 319 g/mol. The van der Waals surface area contributed by atoms with Crippen molar-refractivity contribution < 1.29 is 13.2 Å². The van der Waals surface area contributed by atoms with Crippen LogP contribution in [-0.2, 0) is 9.84 Å². The van der Waals surface area contributed by atoms with E-state index in [9.17, 15) is 13.2 Å². The Morgan fingerprint density at radius 2 is 1.86 bits per heavy atom. The van der Waals surface area contributed by atoms with Crippen molar-refractivity contribution >= 4 is 15.9 Å². The molecule has 124 valence electrons. The molecule has 0 aromatic rings. The molecule has 1 heterocycles. The van der Waals surface area contributed by atoms with Gasteiger partial charge in [0.2, 0.25) is 0 Å². The maximum absolute atomic E-state index is 12.2. The van der Waals surface area contributed by atoms with Crippen molar-refractivity contribution in [3.63, 3.8) is 0 Å². The van der Waals surface area contributed by atoms with Crippen molar-refractivity contribution in [2.45, 2.75) is 38.5 Å². The third kappa shape index (κ3) is 5.47. The molecular formula is C14H29N3O3S. The lowest BCUT2D eigenvalue weighted by atomic mass is 9.84. The normalized spacial score (nSPS) is 18.5. The lowest BCUT2D eigenvalue weighted by Gasteiger charge is -2.40. The molecule has 0 spiro atoms. The average Bonchev–Trinajstić information content (AvgIpc) is 2.17. The molecule has 2 amide bonds. The third-order valence-corrected chi connectivity index (χ3v) is 5.46. The molecule has 0 aliphatic carbocycles. The van der Waals surface area contributed by atoms with E-state index in [2.05, 4.69) is 31.0 Å². The van der Waals surface area contributed by atoms with Gasteiger partial charge >= 0.3 is 6.03 Å². The standard InChI is InChI=1S/C14H29N3O3S/c1-14(2,3)12(7-8-16(4)5)15-13(18)17-9-11(10-17)21(6,19)20/h11-12H,7-10H2,1-6H3,(H,15,18)/t12-/m1/s1. The van der Waals surface area contributed by atoms with Crippen LogP contribution in [0.4, 0.5) is 4.79 Å². The van der Waals surface area contributed by atoms with E-state index in [0.717, 1.165) is 13.0 Å². The summed E-state index contributed by atoms with van der Waals surface area (Å²) in [5.74, 6) is 0. The van der Waals surface area contributed by atoms with Crippen LogP contribution in [0.3, 0.4) is 0 Å². The molecule has 1 aliphatic heterocycles. The van der Waals surface area contributed by atoms with Crippen molar-refractivity contribution in [1.82, 2.24) is 15.1 Å². The fourth-order valence-corrected chi connectivity index (χ4v) is 3.13. The molecule has 7 heteroatoms. The highest BCUT2D eigenvalue weighted by molar-refractivity contribution is 7.91. The number of likely N-dealkylation sites (tertiary alicyclic amines) is 1. The van der Waals surface area contributed by atoms with Crippen LogP contribution >= 0.6 is 0 Å². The van der Waals surface area contributed by atoms with Gasteiger partial charge in [0.15, 0.2) is 9.84 Å². The summed E-state index contributed by atoms with van der Waals surface area (Å²) >= 11 is 0. The fourth-order valence-electron chi connectivity index (χ4n) is 2.22. The van der Waals surface area contributed by atoms with Crippen LogP contribution in [0.2, 0.25) is 0 Å². The predicted molar refractivity (Wildman–Crippen MR) is 85.2 cm³/mol. The Balaban J connectivity index is 2.54. The Morgan fingerprint density at radius 3 is 2.24 bits per heavy atom. The van der Waals surface area contributed by atoms with Crippen LogP contribution in [0.25, 0.3) is 0 Å². The molecule has 0 aromatic carbocycles. The summed E-state index contributed by atoms with van der Waals surface area (Å²) in [5.41, 5.74) is -0.0349. The van der Waals surface area contributed by atoms with E-state index in [4.69, 9.17) is 0 Å². The third-order valence-electron chi connectivity index (χ3n) is 3.95. The quantitative estimate of drug-likeness (QED) is 0.813. The van der Waals surface area contributed by atoms with Gasteiger partial charge in [0.05, 0.1) is 5.25 Å². The first-order valence-corrected chi connectivity index (χ1v) is 9.25. The SMILES string of the molecule is CN(C)CC[C@@H](NC(=O)N1CC(S(C)(=O)=O)C1)C(C)(C)C. The topological polar surface area (TPSA) is 69.7 Å². The van der Waals surface area contributed by atoms with Crippen molar-refractivity contribution in [3.8, 4) is 0 Å². The Hall–Kier alpha value is -0.820. The Morgan fingerprint density at radius 1 is 1.33 bits per heavy atom. The summed E-state index contributed by atoms with van der Waals surface area (Å²) in [6, 6.07) is -0.0988. The van der Waals surface area contributed by atoms with Crippen LogP contribution in [0.5, 0.6) is 0 Å². The molecule has 1 N–H and O–H groups in total. The van der Waals surface area contributed by atoms with Crippen molar-refractivity contribution in [3.05, 3.63) is 0 Å². The van der Waals surface area contributed by atoms with Gasteiger partial charge in [-0.25, -0.2) is 13.2 Å². The largest absolute Gasteiger partial charge is 0.335 e. The van der Waals surface area contributed by atoms with Crippen LogP contribution in [0.1, 0.15) is 27.2 Å². The van der Waals surface area contributed by atoms with Crippen molar-refractivity contribution in [2.75, 3.05) is 40.0 Å². The fraction of sp³-hybridized carbons (Fsp3) is 0.929. The summed E-state index contributed by atoms with van der Waals surface area (Å²) < 4.78 is 22.8. The smallest absolute Gasteiger partial charge is 0.317 e. The number of nitrogens with one attached hydrogen (secondary N) is 1. The van der Waals surface area contributed by atoms with E-state index >= 15 is 0 Å². The van der Waals surface area contributed by atoms with Crippen LogP contribution in [0, 0.1) is 5.41 Å². The van der Waals surface area contributed by atoms with E-state index in [-0.39, 0.29) is 17.5 Å². The molecule has 0 unspecified atom stereocenters. The van der Waals surface area contributed by atoms with Gasteiger partial charge in [0.25, 0.3) is 0 Å². The number of carbonyl (C=O) groups is 1. The number of hydrogen-bond donors (Lipinski definition) is 1. The zero-order valence-corrected chi connectivity index (χ0v) is 14.8. The molecule has 0 radical (unpaired) electrons. The van der Waals surface area contributed by atoms with Gasteiger partial charge in [0, 0.05) is 25.4 Å². The molecule has 1 atom stereocenters. The van der Waals surface area contributed by atoms with Gasteiger partial charge in [-0.3, -0.25) is 0 Å². The maximum atomic E-state index is 12.2. The molecule has 0 saturated carbocycles. The van der Waals surface area contributed by atoms with Gasteiger partial charge in [0.1, 0.15) is 0 Å². The van der Waals surface area contributed by atoms with Gasteiger partial charge in [-0.1, -0.05) is 20.8 Å². The van der Waals surface area contributed by atoms with Gasteiger partial charge in [-0.05, 0) is 32.5 Å². The van der Waals surface area contributed by atoms with Gasteiger partial charge in [-0.15, -0.1) is 0 Å². The highest BCUT2D eigenvalue weighted by atomic mass is 32.2.